The molecule has 0 radical (unpaired) electrons. The van der Waals surface area contributed by atoms with Gasteiger partial charge in [-0.15, -0.1) is 0 Å². The molecule has 1 saturated heterocycles. The van der Waals surface area contributed by atoms with Crippen molar-refractivity contribution < 1.29 is 12.8 Å². The van der Waals surface area contributed by atoms with Gasteiger partial charge in [0, 0.05) is 19.6 Å². The van der Waals surface area contributed by atoms with E-state index in [2.05, 4.69) is 6.07 Å². The highest BCUT2D eigenvalue weighted by Crippen LogP contribution is 2.34. The maximum absolute atomic E-state index is 13.4. The maximum atomic E-state index is 13.4. The molecule has 2 aromatic rings. The lowest BCUT2D eigenvalue weighted by molar-refractivity contribution is 0.254. The summed E-state index contributed by atoms with van der Waals surface area (Å²) in [6.07, 6.45) is 6.21. The van der Waals surface area contributed by atoms with Crippen LogP contribution in [0.4, 0.5) is 0 Å². The standard InChI is InChI=1S/C19H24N2O3S/c22-25(23,20-13-11-16-7-3-4-8-17(16)15-20)21-12-5-1-2-9-18(21)19-10-6-14-24-19/h3-4,6-8,10,14,18H,1-2,5,9,11-13,15H2. The second kappa shape index (κ2) is 6.94. The fourth-order valence-corrected chi connectivity index (χ4v) is 5.75. The average Bonchev–Trinajstić information content (AvgIpc) is 3.05. The minimum absolute atomic E-state index is 0.195. The van der Waals surface area contributed by atoms with Crippen molar-refractivity contribution in [3.63, 3.8) is 0 Å². The first-order valence-electron chi connectivity index (χ1n) is 9.03. The number of rotatable bonds is 3. The number of nitrogens with zero attached hydrogens (tertiary/aromatic N) is 2. The van der Waals surface area contributed by atoms with Gasteiger partial charge in [-0.1, -0.05) is 37.1 Å². The van der Waals surface area contributed by atoms with Crippen molar-refractivity contribution in [2.24, 2.45) is 0 Å². The van der Waals surface area contributed by atoms with Crippen LogP contribution in [0.5, 0.6) is 0 Å². The highest BCUT2D eigenvalue weighted by molar-refractivity contribution is 7.86. The van der Waals surface area contributed by atoms with Gasteiger partial charge < -0.3 is 4.42 Å². The van der Waals surface area contributed by atoms with E-state index in [1.807, 2.05) is 30.3 Å². The van der Waals surface area contributed by atoms with Crippen LogP contribution in [-0.2, 0) is 23.2 Å². The lowest BCUT2D eigenvalue weighted by atomic mass is 10.0. The molecule has 0 amide bonds. The number of hydrogen-bond acceptors (Lipinski definition) is 3. The monoisotopic (exact) mass is 360 g/mol. The molecule has 0 bridgehead atoms. The summed E-state index contributed by atoms with van der Waals surface area (Å²) in [5, 5.41) is 0. The van der Waals surface area contributed by atoms with E-state index in [4.69, 9.17) is 4.42 Å². The van der Waals surface area contributed by atoms with Crippen LogP contribution in [0.15, 0.2) is 47.1 Å². The van der Waals surface area contributed by atoms with Crippen molar-refractivity contribution in [3.8, 4) is 0 Å². The molecule has 1 atom stereocenters. The summed E-state index contributed by atoms with van der Waals surface area (Å²) in [6.45, 7) is 1.56. The Morgan fingerprint density at radius 2 is 1.80 bits per heavy atom. The highest BCUT2D eigenvalue weighted by Gasteiger charge is 2.38. The predicted octanol–water partition coefficient (Wildman–Crippen LogP) is 3.50. The Morgan fingerprint density at radius 3 is 2.60 bits per heavy atom. The Hall–Kier alpha value is -1.63. The third kappa shape index (κ3) is 3.26. The van der Waals surface area contributed by atoms with Crippen LogP contribution in [0.1, 0.15) is 48.6 Å². The van der Waals surface area contributed by atoms with E-state index >= 15 is 0 Å². The van der Waals surface area contributed by atoms with E-state index in [0.29, 0.717) is 19.6 Å². The average molecular weight is 360 g/mol. The zero-order chi connectivity index (χ0) is 17.3. The first kappa shape index (κ1) is 16.8. The van der Waals surface area contributed by atoms with E-state index in [1.54, 1.807) is 14.9 Å². The van der Waals surface area contributed by atoms with Crippen molar-refractivity contribution in [1.29, 1.82) is 0 Å². The molecule has 0 N–H and O–H groups in total. The van der Waals surface area contributed by atoms with Gasteiger partial charge in [0.1, 0.15) is 5.76 Å². The molecule has 134 valence electrons. The number of furan rings is 1. The van der Waals surface area contributed by atoms with Gasteiger partial charge in [0.2, 0.25) is 0 Å². The Labute approximate surface area is 149 Å². The summed E-state index contributed by atoms with van der Waals surface area (Å²) in [7, 11) is -3.52. The SMILES string of the molecule is O=S(=O)(N1CCc2ccccc2C1)N1CCCCCC1c1ccco1. The van der Waals surface area contributed by atoms with Gasteiger partial charge in [-0.2, -0.15) is 17.0 Å². The van der Waals surface area contributed by atoms with Gasteiger partial charge >= 0.3 is 0 Å². The van der Waals surface area contributed by atoms with Crippen LogP contribution < -0.4 is 0 Å². The van der Waals surface area contributed by atoms with Crippen molar-refractivity contribution in [3.05, 3.63) is 59.5 Å². The lowest BCUT2D eigenvalue weighted by Crippen LogP contribution is -2.47. The third-order valence-corrected chi connectivity index (χ3v) is 7.29. The molecule has 25 heavy (non-hydrogen) atoms. The summed E-state index contributed by atoms with van der Waals surface area (Å²) < 4.78 is 35.7. The summed E-state index contributed by atoms with van der Waals surface area (Å²) in [5.41, 5.74) is 2.37. The number of fused-ring (bicyclic) bond motifs is 1. The van der Waals surface area contributed by atoms with Gasteiger partial charge in [-0.25, -0.2) is 0 Å². The minimum atomic E-state index is -3.52. The smallest absolute Gasteiger partial charge is 0.282 e. The first-order chi connectivity index (χ1) is 12.2. The van der Waals surface area contributed by atoms with E-state index in [9.17, 15) is 8.42 Å². The third-order valence-electron chi connectivity index (χ3n) is 5.29. The first-order valence-corrected chi connectivity index (χ1v) is 10.4. The summed E-state index contributed by atoms with van der Waals surface area (Å²) in [4.78, 5) is 0. The second-order valence-corrected chi connectivity index (χ2v) is 8.73. The van der Waals surface area contributed by atoms with Crippen LogP contribution in [0.25, 0.3) is 0 Å². The molecule has 3 heterocycles. The molecule has 1 unspecified atom stereocenters. The second-order valence-electron chi connectivity index (χ2n) is 6.85. The number of benzene rings is 1. The zero-order valence-electron chi connectivity index (χ0n) is 14.3. The molecular weight excluding hydrogens is 336 g/mol. The Bertz CT molecular complexity index is 817. The highest BCUT2D eigenvalue weighted by atomic mass is 32.2. The quantitative estimate of drug-likeness (QED) is 0.842. The van der Waals surface area contributed by atoms with Gasteiger partial charge in [-0.3, -0.25) is 0 Å². The van der Waals surface area contributed by atoms with Crippen molar-refractivity contribution in [1.82, 2.24) is 8.61 Å². The molecule has 1 fully saturated rings. The largest absolute Gasteiger partial charge is 0.468 e. The predicted molar refractivity (Wildman–Crippen MR) is 96.1 cm³/mol. The van der Waals surface area contributed by atoms with Crippen LogP contribution >= 0.6 is 0 Å². The van der Waals surface area contributed by atoms with Crippen LogP contribution in [0.2, 0.25) is 0 Å². The molecule has 0 spiro atoms. The zero-order valence-corrected chi connectivity index (χ0v) is 15.1. The van der Waals surface area contributed by atoms with E-state index in [-0.39, 0.29) is 6.04 Å². The topological polar surface area (TPSA) is 53.8 Å². The van der Waals surface area contributed by atoms with E-state index in [1.165, 1.54) is 5.56 Å². The Kier molecular flexibility index (Phi) is 4.67. The van der Waals surface area contributed by atoms with Gasteiger partial charge in [0.05, 0.1) is 12.3 Å². The molecule has 2 aliphatic heterocycles. The maximum Gasteiger partial charge on any atom is 0.282 e. The fourth-order valence-electron chi connectivity index (χ4n) is 3.94. The van der Waals surface area contributed by atoms with Crippen molar-refractivity contribution in [2.75, 3.05) is 13.1 Å². The van der Waals surface area contributed by atoms with Crippen LogP contribution in [0, 0.1) is 0 Å². The Balaban J connectivity index is 1.64. The normalized spacial score (nSPS) is 23.1. The molecule has 4 rings (SSSR count). The summed E-state index contributed by atoms with van der Waals surface area (Å²) >= 11 is 0. The number of hydrogen-bond donors (Lipinski definition) is 0. The van der Waals surface area contributed by atoms with Gasteiger partial charge in [0.25, 0.3) is 10.2 Å². The lowest BCUT2D eigenvalue weighted by Gasteiger charge is -2.35. The summed E-state index contributed by atoms with van der Waals surface area (Å²) in [6, 6.07) is 11.7. The molecule has 2 aliphatic rings. The molecular formula is C19H24N2O3S. The van der Waals surface area contributed by atoms with Crippen molar-refractivity contribution >= 4 is 10.2 Å². The van der Waals surface area contributed by atoms with Crippen LogP contribution in [0.3, 0.4) is 0 Å². The van der Waals surface area contributed by atoms with Gasteiger partial charge in [-0.05, 0) is 42.5 Å². The van der Waals surface area contributed by atoms with Crippen molar-refractivity contribution in [2.45, 2.75) is 44.7 Å². The van der Waals surface area contributed by atoms with E-state index < -0.39 is 10.2 Å². The minimum Gasteiger partial charge on any atom is -0.468 e. The fraction of sp³-hybridized carbons (Fsp3) is 0.474. The van der Waals surface area contributed by atoms with Crippen LogP contribution in [-0.4, -0.2) is 30.1 Å². The summed E-state index contributed by atoms with van der Waals surface area (Å²) in [5.74, 6) is 0.753. The molecule has 5 nitrogen and oxygen atoms in total. The molecule has 0 aliphatic carbocycles. The molecule has 1 aromatic carbocycles. The molecule has 6 heteroatoms. The molecule has 0 saturated carbocycles. The van der Waals surface area contributed by atoms with E-state index in [0.717, 1.165) is 43.4 Å². The van der Waals surface area contributed by atoms with Gasteiger partial charge in [0.15, 0.2) is 0 Å². The Morgan fingerprint density at radius 1 is 0.960 bits per heavy atom. The molecule has 1 aromatic heterocycles.